The maximum Gasteiger partial charge on any atom is 0.328 e. The zero-order valence-electron chi connectivity index (χ0n) is 10.7. The summed E-state index contributed by atoms with van der Waals surface area (Å²) < 4.78 is 23.6. The van der Waals surface area contributed by atoms with Gasteiger partial charge in [0.25, 0.3) is 5.56 Å². The zero-order valence-corrected chi connectivity index (χ0v) is 11.5. The Morgan fingerprint density at radius 2 is 2.20 bits per heavy atom. The van der Waals surface area contributed by atoms with Gasteiger partial charge < -0.3 is 5.32 Å². The number of nitrogens with zero attached hydrogens (tertiary/aromatic N) is 1. The molecule has 0 saturated carbocycles. The lowest BCUT2D eigenvalue weighted by Gasteiger charge is -2.10. The van der Waals surface area contributed by atoms with E-state index in [0.29, 0.717) is 6.42 Å². The van der Waals surface area contributed by atoms with Crippen molar-refractivity contribution in [3.05, 3.63) is 33.1 Å². The van der Waals surface area contributed by atoms with Gasteiger partial charge >= 0.3 is 5.69 Å². The molecule has 2 heterocycles. The number of amides is 1. The van der Waals surface area contributed by atoms with Gasteiger partial charge in [0.1, 0.15) is 6.54 Å². The van der Waals surface area contributed by atoms with E-state index in [9.17, 15) is 22.8 Å². The molecule has 110 valence electrons. The quantitative estimate of drug-likeness (QED) is 0.672. The van der Waals surface area contributed by atoms with E-state index in [1.54, 1.807) is 0 Å². The van der Waals surface area contributed by atoms with Gasteiger partial charge in [-0.15, -0.1) is 0 Å². The average Bonchev–Trinajstić information content (AvgIpc) is 2.70. The minimum absolute atomic E-state index is 0.0729. The van der Waals surface area contributed by atoms with Gasteiger partial charge in [-0.3, -0.25) is 19.1 Å². The molecule has 1 aromatic rings. The van der Waals surface area contributed by atoms with E-state index in [2.05, 4.69) is 5.32 Å². The average molecular weight is 301 g/mol. The molecule has 0 radical (unpaired) electrons. The summed E-state index contributed by atoms with van der Waals surface area (Å²) in [5.41, 5.74) is -1.18. The molecule has 1 fully saturated rings. The maximum absolute atomic E-state index is 11.7. The fourth-order valence-corrected chi connectivity index (χ4v) is 3.93. The molecule has 1 aliphatic heterocycles. The van der Waals surface area contributed by atoms with Crippen molar-refractivity contribution < 1.29 is 13.2 Å². The first-order chi connectivity index (χ1) is 9.35. The van der Waals surface area contributed by atoms with Crippen molar-refractivity contribution in [1.82, 2.24) is 14.9 Å². The smallest absolute Gasteiger partial charge is 0.328 e. The number of hydrogen-bond acceptors (Lipinski definition) is 5. The van der Waals surface area contributed by atoms with Crippen LogP contribution in [0.4, 0.5) is 0 Å². The van der Waals surface area contributed by atoms with E-state index in [1.807, 2.05) is 4.98 Å². The molecule has 9 heteroatoms. The lowest BCUT2D eigenvalue weighted by atomic mass is 10.1. The van der Waals surface area contributed by atoms with E-state index in [-0.39, 0.29) is 30.5 Å². The lowest BCUT2D eigenvalue weighted by molar-refractivity contribution is -0.121. The number of nitrogens with one attached hydrogen (secondary N) is 2. The van der Waals surface area contributed by atoms with Crippen LogP contribution in [0, 0.1) is 5.92 Å². The predicted molar refractivity (Wildman–Crippen MR) is 71.1 cm³/mol. The maximum atomic E-state index is 11.7. The van der Waals surface area contributed by atoms with E-state index >= 15 is 0 Å². The van der Waals surface area contributed by atoms with Gasteiger partial charge in [-0.1, -0.05) is 0 Å². The van der Waals surface area contributed by atoms with Gasteiger partial charge in [-0.2, -0.15) is 0 Å². The number of hydrogen-bond donors (Lipinski definition) is 2. The van der Waals surface area contributed by atoms with Crippen molar-refractivity contribution >= 4 is 15.7 Å². The van der Waals surface area contributed by atoms with Crippen molar-refractivity contribution in [1.29, 1.82) is 0 Å². The van der Waals surface area contributed by atoms with Crippen LogP contribution in [0.15, 0.2) is 21.9 Å². The number of aromatic nitrogens is 2. The Balaban J connectivity index is 1.87. The van der Waals surface area contributed by atoms with Gasteiger partial charge in [-0.05, 0) is 12.3 Å². The lowest BCUT2D eigenvalue weighted by Crippen LogP contribution is -2.37. The second-order valence-corrected chi connectivity index (χ2v) is 7.04. The summed E-state index contributed by atoms with van der Waals surface area (Å²) in [5.74, 6) is -0.224. The van der Waals surface area contributed by atoms with Crippen LogP contribution in [0.25, 0.3) is 0 Å². The van der Waals surface area contributed by atoms with Gasteiger partial charge in [0.05, 0.1) is 11.5 Å². The molecule has 0 spiro atoms. The number of rotatable bonds is 4. The largest absolute Gasteiger partial charge is 0.354 e. The molecule has 1 aliphatic rings. The number of aromatic amines is 1. The highest BCUT2D eigenvalue weighted by atomic mass is 32.2. The Morgan fingerprint density at radius 1 is 1.45 bits per heavy atom. The molecule has 1 saturated heterocycles. The van der Waals surface area contributed by atoms with Gasteiger partial charge in [0.15, 0.2) is 9.84 Å². The van der Waals surface area contributed by atoms with Crippen LogP contribution in [0.5, 0.6) is 0 Å². The van der Waals surface area contributed by atoms with Crippen LogP contribution in [0.3, 0.4) is 0 Å². The number of carbonyl (C=O) groups is 1. The summed E-state index contributed by atoms with van der Waals surface area (Å²) >= 11 is 0. The van der Waals surface area contributed by atoms with Crippen molar-refractivity contribution in [3.63, 3.8) is 0 Å². The topological polar surface area (TPSA) is 118 Å². The molecule has 20 heavy (non-hydrogen) atoms. The summed E-state index contributed by atoms with van der Waals surface area (Å²) in [6, 6.07) is 1.15. The van der Waals surface area contributed by atoms with Gasteiger partial charge in [0.2, 0.25) is 5.91 Å². The first-order valence-corrected chi connectivity index (χ1v) is 7.95. The first-order valence-electron chi connectivity index (χ1n) is 6.12. The third kappa shape index (κ3) is 3.80. The Bertz CT molecular complexity index is 718. The Morgan fingerprint density at radius 3 is 2.80 bits per heavy atom. The minimum Gasteiger partial charge on any atom is -0.354 e. The summed E-state index contributed by atoms with van der Waals surface area (Å²) in [5, 5.41) is 2.60. The first kappa shape index (κ1) is 14.5. The van der Waals surface area contributed by atoms with Crippen molar-refractivity contribution in [2.45, 2.75) is 13.0 Å². The summed E-state index contributed by atoms with van der Waals surface area (Å²) in [6.45, 7) is 0.0608. The highest BCUT2D eigenvalue weighted by molar-refractivity contribution is 7.91. The zero-order chi connectivity index (χ0) is 14.8. The fourth-order valence-electron chi connectivity index (χ4n) is 2.07. The highest BCUT2D eigenvalue weighted by Crippen LogP contribution is 2.17. The molecule has 0 bridgehead atoms. The molecular formula is C11H15N3O5S. The van der Waals surface area contributed by atoms with Gasteiger partial charge in [-0.25, -0.2) is 13.2 Å². The summed E-state index contributed by atoms with van der Waals surface area (Å²) in [6.07, 6.45) is 1.78. The van der Waals surface area contributed by atoms with E-state index < -0.39 is 27.0 Å². The molecule has 0 aliphatic carbocycles. The third-order valence-electron chi connectivity index (χ3n) is 3.13. The van der Waals surface area contributed by atoms with Crippen LogP contribution >= 0.6 is 0 Å². The van der Waals surface area contributed by atoms with Crippen molar-refractivity contribution in [2.75, 3.05) is 18.1 Å². The van der Waals surface area contributed by atoms with E-state index in [4.69, 9.17) is 0 Å². The third-order valence-corrected chi connectivity index (χ3v) is 4.96. The molecule has 1 amide bonds. The Hall–Kier alpha value is -1.90. The summed E-state index contributed by atoms with van der Waals surface area (Å²) in [4.78, 5) is 35.9. The fraction of sp³-hybridized carbons (Fsp3) is 0.545. The molecule has 2 N–H and O–H groups in total. The molecule has 2 rings (SSSR count). The predicted octanol–water partition coefficient (Wildman–Crippen LogP) is -1.91. The molecule has 1 unspecified atom stereocenters. The second kappa shape index (κ2) is 5.61. The number of carbonyl (C=O) groups excluding carboxylic acids is 1. The Labute approximate surface area is 114 Å². The molecule has 0 aromatic carbocycles. The highest BCUT2D eigenvalue weighted by Gasteiger charge is 2.27. The van der Waals surface area contributed by atoms with E-state index in [1.165, 1.54) is 6.20 Å². The molecule has 8 nitrogen and oxygen atoms in total. The monoisotopic (exact) mass is 301 g/mol. The van der Waals surface area contributed by atoms with Crippen LogP contribution in [-0.2, 0) is 21.2 Å². The standard InChI is InChI=1S/C11H15N3O5S/c15-9-1-3-14(11(17)13-9)6-10(16)12-5-8-2-4-20(18,19)7-8/h1,3,8H,2,4-7H2,(H,12,16)(H,13,15,17). The molecular weight excluding hydrogens is 286 g/mol. The van der Waals surface area contributed by atoms with E-state index in [0.717, 1.165) is 10.6 Å². The van der Waals surface area contributed by atoms with Crippen molar-refractivity contribution in [2.24, 2.45) is 5.92 Å². The molecule has 1 aromatic heterocycles. The van der Waals surface area contributed by atoms with Crippen LogP contribution in [0.2, 0.25) is 0 Å². The normalized spacial score (nSPS) is 20.7. The second-order valence-electron chi connectivity index (χ2n) is 4.81. The van der Waals surface area contributed by atoms with Gasteiger partial charge in [0, 0.05) is 18.8 Å². The van der Waals surface area contributed by atoms with Crippen LogP contribution in [-0.4, -0.2) is 41.9 Å². The van der Waals surface area contributed by atoms with Crippen LogP contribution in [0.1, 0.15) is 6.42 Å². The summed E-state index contributed by atoms with van der Waals surface area (Å²) in [7, 11) is -2.96. The Kier molecular flexibility index (Phi) is 4.07. The number of sulfone groups is 1. The number of H-pyrrole nitrogens is 1. The van der Waals surface area contributed by atoms with Crippen LogP contribution < -0.4 is 16.6 Å². The minimum atomic E-state index is -2.96. The van der Waals surface area contributed by atoms with Crippen molar-refractivity contribution in [3.8, 4) is 0 Å². The molecule has 1 atom stereocenters. The SMILES string of the molecule is O=C(Cn1ccc(=O)[nH]c1=O)NCC1CCS(=O)(=O)C1.